The van der Waals surface area contributed by atoms with Crippen LogP contribution in [-0.2, 0) is 15.0 Å². The minimum absolute atomic E-state index is 0.0515. The molecule has 47 heavy (non-hydrogen) atoms. The van der Waals surface area contributed by atoms with Gasteiger partial charge >= 0.3 is 0 Å². The Kier molecular flexibility index (Phi) is 8.90. The van der Waals surface area contributed by atoms with Gasteiger partial charge in [0.15, 0.2) is 11.5 Å². The molecule has 9 nitrogen and oxygen atoms in total. The van der Waals surface area contributed by atoms with Crippen LogP contribution in [0.15, 0.2) is 116 Å². The maximum atomic E-state index is 13.7. The standard InChI is InChI=1S/C38H38N6O3/c1-46-23-24-47-31-19-17-30(18-20-31)41-37(45)35-34-32(21-22-39-34)42-36(43-35)33-25-44(26-40-33)38(27-11-5-2-6-12-27,28-13-7-3-8-14-28)29-15-9-4-10-16-29/h2-16,21-22,25-26,30-31,39H,17-20,23-24H2,1H3,(H,41,45). The van der Waals surface area contributed by atoms with Crippen molar-refractivity contribution >= 4 is 16.9 Å². The SMILES string of the molecule is COCCOC1CCC(NC(=O)c2nc(-c3cn(C(c4ccccc4)(c4ccccc4)c4ccccc4)cn3)nc3cc[nH]c23)CC1. The molecule has 3 aromatic carbocycles. The Labute approximate surface area is 274 Å². The lowest BCUT2D eigenvalue weighted by Crippen LogP contribution is -2.39. The summed E-state index contributed by atoms with van der Waals surface area (Å²) in [6.07, 6.45) is 9.28. The predicted molar refractivity (Wildman–Crippen MR) is 181 cm³/mol. The minimum atomic E-state index is -0.723. The van der Waals surface area contributed by atoms with Crippen molar-refractivity contribution in [1.29, 1.82) is 0 Å². The van der Waals surface area contributed by atoms with E-state index in [-0.39, 0.29) is 18.1 Å². The molecule has 1 aliphatic rings. The highest BCUT2D eigenvalue weighted by molar-refractivity contribution is 6.03. The van der Waals surface area contributed by atoms with E-state index in [1.54, 1.807) is 13.3 Å². The van der Waals surface area contributed by atoms with Crippen LogP contribution in [0.25, 0.3) is 22.6 Å². The van der Waals surface area contributed by atoms with Gasteiger partial charge in [0.05, 0.1) is 36.7 Å². The number of aromatic nitrogens is 5. The van der Waals surface area contributed by atoms with Crippen LogP contribution < -0.4 is 5.32 Å². The normalized spacial score (nSPS) is 16.7. The smallest absolute Gasteiger partial charge is 0.272 e. The van der Waals surface area contributed by atoms with E-state index in [1.807, 2.05) is 36.8 Å². The van der Waals surface area contributed by atoms with E-state index in [0.717, 1.165) is 42.4 Å². The molecule has 1 saturated carbocycles. The van der Waals surface area contributed by atoms with Crippen molar-refractivity contribution in [2.45, 2.75) is 43.4 Å². The molecule has 0 bridgehead atoms. The first-order chi connectivity index (χ1) is 23.2. The van der Waals surface area contributed by atoms with Gasteiger partial charge in [-0.25, -0.2) is 15.0 Å². The summed E-state index contributed by atoms with van der Waals surface area (Å²) in [4.78, 5) is 31.4. The number of carbonyl (C=O) groups excluding carboxylic acids is 1. The molecule has 7 rings (SSSR count). The van der Waals surface area contributed by atoms with Gasteiger partial charge in [0.2, 0.25) is 0 Å². The van der Waals surface area contributed by atoms with Crippen molar-refractivity contribution < 1.29 is 14.3 Å². The van der Waals surface area contributed by atoms with Gasteiger partial charge in [-0.05, 0) is 48.4 Å². The highest BCUT2D eigenvalue weighted by Crippen LogP contribution is 2.41. The predicted octanol–water partition coefficient (Wildman–Crippen LogP) is 6.37. The highest BCUT2D eigenvalue weighted by Gasteiger charge is 2.38. The molecule has 1 aliphatic carbocycles. The molecule has 3 heterocycles. The zero-order valence-electron chi connectivity index (χ0n) is 26.4. The number of hydrogen-bond donors (Lipinski definition) is 2. The van der Waals surface area contributed by atoms with Gasteiger partial charge in [0.25, 0.3) is 5.91 Å². The van der Waals surface area contributed by atoms with Crippen LogP contribution in [0.2, 0.25) is 0 Å². The monoisotopic (exact) mass is 626 g/mol. The zero-order chi connectivity index (χ0) is 32.1. The fourth-order valence-electron chi connectivity index (χ4n) is 6.76. The Balaban J connectivity index is 1.24. The molecular formula is C38H38N6O3. The van der Waals surface area contributed by atoms with Crippen LogP contribution in [0, 0.1) is 0 Å². The number of methoxy groups -OCH3 is 1. The van der Waals surface area contributed by atoms with E-state index < -0.39 is 5.54 Å². The van der Waals surface area contributed by atoms with Crippen LogP contribution in [0.1, 0.15) is 52.9 Å². The number of H-pyrrole nitrogens is 1. The number of amides is 1. The number of nitrogens with one attached hydrogen (secondary N) is 2. The number of carbonyl (C=O) groups is 1. The van der Waals surface area contributed by atoms with Crippen LogP contribution in [0.3, 0.4) is 0 Å². The van der Waals surface area contributed by atoms with Gasteiger partial charge < -0.3 is 24.3 Å². The van der Waals surface area contributed by atoms with E-state index in [4.69, 9.17) is 24.4 Å². The number of rotatable bonds is 11. The third kappa shape index (κ3) is 6.07. The summed E-state index contributed by atoms with van der Waals surface area (Å²) in [6.45, 7) is 1.18. The Hall–Kier alpha value is -5.12. The van der Waals surface area contributed by atoms with E-state index in [1.165, 1.54) is 0 Å². The first-order valence-electron chi connectivity index (χ1n) is 16.1. The number of imidazole rings is 1. The molecule has 2 N–H and O–H groups in total. The lowest BCUT2D eigenvalue weighted by atomic mass is 9.77. The van der Waals surface area contributed by atoms with Crippen molar-refractivity contribution in [1.82, 2.24) is 29.8 Å². The topological polar surface area (TPSA) is 107 Å². The minimum Gasteiger partial charge on any atom is -0.382 e. The van der Waals surface area contributed by atoms with Gasteiger partial charge in [-0.3, -0.25) is 4.79 Å². The van der Waals surface area contributed by atoms with Crippen molar-refractivity contribution in [3.63, 3.8) is 0 Å². The van der Waals surface area contributed by atoms with E-state index in [2.05, 4.69) is 87.7 Å². The van der Waals surface area contributed by atoms with Crippen molar-refractivity contribution in [2.24, 2.45) is 0 Å². The van der Waals surface area contributed by atoms with Crippen LogP contribution >= 0.6 is 0 Å². The molecule has 0 spiro atoms. The van der Waals surface area contributed by atoms with Crippen LogP contribution in [0.4, 0.5) is 0 Å². The van der Waals surface area contributed by atoms with Gasteiger partial charge in [0, 0.05) is 25.5 Å². The van der Waals surface area contributed by atoms with E-state index in [0.29, 0.717) is 41.5 Å². The van der Waals surface area contributed by atoms with Crippen molar-refractivity contribution in [3.8, 4) is 11.5 Å². The van der Waals surface area contributed by atoms with Gasteiger partial charge in [0.1, 0.15) is 11.2 Å². The lowest BCUT2D eigenvalue weighted by Gasteiger charge is -2.37. The van der Waals surface area contributed by atoms with Crippen molar-refractivity contribution in [2.75, 3.05) is 20.3 Å². The molecule has 1 fully saturated rings. The summed E-state index contributed by atoms with van der Waals surface area (Å²) in [7, 11) is 1.68. The Morgan fingerprint density at radius 2 is 1.47 bits per heavy atom. The fraction of sp³-hybridized carbons (Fsp3) is 0.263. The van der Waals surface area contributed by atoms with E-state index >= 15 is 0 Å². The van der Waals surface area contributed by atoms with E-state index in [9.17, 15) is 4.79 Å². The largest absolute Gasteiger partial charge is 0.382 e. The highest BCUT2D eigenvalue weighted by atomic mass is 16.5. The molecule has 0 radical (unpaired) electrons. The zero-order valence-corrected chi connectivity index (χ0v) is 26.4. The maximum absolute atomic E-state index is 13.7. The van der Waals surface area contributed by atoms with Gasteiger partial charge in [-0.15, -0.1) is 0 Å². The third-order valence-corrected chi connectivity index (χ3v) is 9.05. The third-order valence-electron chi connectivity index (χ3n) is 9.05. The summed E-state index contributed by atoms with van der Waals surface area (Å²) in [5.74, 6) is 0.163. The second-order valence-electron chi connectivity index (χ2n) is 11.9. The Morgan fingerprint density at radius 1 is 0.851 bits per heavy atom. The molecule has 0 unspecified atom stereocenters. The van der Waals surface area contributed by atoms with Crippen molar-refractivity contribution in [3.05, 3.63) is 138 Å². The molecule has 3 aromatic heterocycles. The molecule has 0 saturated heterocycles. The summed E-state index contributed by atoms with van der Waals surface area (Å²) in [6, 6.07) is 33.2. The molecule has 6 aromatic rings. The second-order valence-corrected chi connectivity index (χ2v) is 11.9. The molecule has 0 atom stereocenters. The first-order valence-corrected chi connectivity index (χ1v) is 16.1. The number of fused-ring (bicyclic) bond motifs is 1. The molecule has 0 aliphatic heterocycles. The van der Waals surface area contributed by atoms with Gasteiger partial charge in [-0.2, -0.15) is 0 Å². The fourth-order valence-corrected chi connectivity index (χ4v) is 6.76. The molecule has 238 valence electrons. The van der Waals surface area contributed by atoms with Crippen LogP contribution in [-0.4, -0.2) is 62.9 Å². The average Bonchev–Trinajstić information content (AvgIpc) is 3.82. The lowest BCUT2D eigenvalue weighted by molar-refractivity contribution is -0.00409. The van der Waals surface area contributed by atoms with Gasteiger partial charge in [-0.1, -0.05) is 91.0 Å². The number of aromatic amines is 1. The summed E-state index contributed by atoms with van der Waals surface area (Å²) in [5.41, 5.74) is 4.68. The summed E-state index contributed by atoms with van der Waals surface area (Å²) < 4.78 is 13.1. The molecule has 1 amide bonds. The Morgan fingerprint density at radius 3 is 2.06 bits per heavy atom. The number of nitrogens with zero attached hydrogens (tertiary/aromatic N) is 4. The maximum Gasteiger partial charge on any atom is 0.272 e. The Bertz CT molecular complexity index is 1820. The first kappa shape index (κ1) is 30.5. The summed E-state index contributed by atoms with van der Waals surface area (Å²) >= 11 is 0. The van der Waals surface area contributed by atoms with Crippen LogP contribution in [0.5, 0.6) is 0 Å². The number of ether oxygens (including phenoxy) is 2. The number of benzene rings is 3. The average molecular weight is 627 g/mol. The number of hydrogen-bond acceptors (Lipinski definition) is 6. The summed E-state index contributed by atoms with van der Waals surface area (Å²) in [5, 5.41) is 3.22. The quantitative estimate of drug-likeness (QED) is 0.128. The molecule has 9 heteroatoms. The second kappa shape index (κ2) is 13.7. The molecular weight excluding hydrogens is 588 g/mol.